The fraction of sp³-hybridized carbons (Fsp3) is 0. The first-order chi connectivity index (χ1) is 4.00. The van der Waals surface area contributed by atoms with Crippen LogP contribution in [0.1, 0.15) is 0 Å². The van der Waals surface area contributed by atoms with E-state index in [-0.39, 0.29) is 173 Å². The summed E-state index contributed by atoms with van der Waals surface area (Å²) in [5.74, 6) is 0. The van der Waals surface area contributed by atoms with Crippen molar-refractivity contribution in [3.63, 3.8) is 0 Å². The molecule has 0 fully saturated rings. The summed E-state index contributed by atoms with van der Waals surface area (Å²) in [4.78, 5) is 43.1. The minimum atomic E-state index is -4.64. The maximum absolute atomic E-state index is 8.88. The number of rotatable bonds is 0. The van der Waals surface area contributed by atoms with E-state index in [0.29, 0.717) is 0 Å². The van der Waals surface area contributed by atoms with Gasteiger partial charge in [-0.1, -0.05) is 0 Å². The van der Waals surface area contributed by atoms with Crippen LogP contribution in [-0.2, 0) is 9.13 Å². The molecule has 0 saturated carbocycles. The van der Waals surface area contributed by atoms with Crippen LogP contribution in [0.25, 0.3) is 0 Å². The average molecular weight is 472 g/mol. The molecule has 18 nitrogen and oxygen atoms in total. The molecule has 0 radical (unpaired) electrons. The minimum absolute atomic E-state index is 0. The van der Waals surface area contributed by atoms with Gasteiger partial charge in [-0.25, -0.2) is 9.13 Å². The van der Waals surface area contributed by atoms with E-state index in [4.69, 9.17) is 38.5 Å². The quantitative estimate of drug-likeness (QED) is 0.145. The second kappa shape index (κ2) is 71.4. The van der Waals surface area contributed by atoms with Gasteiger partial charge in [0.25, 0.3) is 0 Å². The van der Waals surface area contributed by atoms with Gasteiger partial charge in [-0.2, -0.15) is 0 Å². The summed E-state index contributed by atoms with van der Waals surface area (Å²) in [5, 5.41) is 0. The second-order valence-corrected chi connectivity index (χ2v) is 3.08. The third-order valence-electron chi connectivity index (χ3n) is 0. The Labute approximate surface area is 224 Å². The Kier molecular flexibility index (Phi) is 426. The molecule has 0 spiro atoms. The summed E-state index contributed by atoms with van der Waals surface area (Å²) in [7, 11) is -9.28. The zero-order valence-corrected chi connectivity index (χ0v) is 11.2. The van der Waals surface area contributed by atoms with Crippen molar-refractivity contribution < 1.29 is 93.3 Å². The van der Waals surface area contributed by atoms with E-state index in [1.54, 1.807) is 0 Å². The molecule has 0 rings (SSSR count). The van der Waals surface area contributed by atoms with Crippen molar-refractivity contribution in [1.29, 1.82) is 0 Å². The standard InChI is InChI=1S/4Na.2H3O4P.10H2O.4H/c;;;;2*1-5(2,3)4;;;;;;;;;;;;;;/h;;;;2*(H3,1,2,3,4);10*1H2;;;;. The van der Waals surface area contributed by atoms with E-state index in [2.05, 4.69) is 0 Å². The first kappa shape index (κ1) is 143. The average Bonchev–Trinajstić information content (AvgIpc) is 1.12. The molecular formula is H30Na4O18P2. The molecule has 0 aromatic carbocycles. The molecule has 0 aromatic rings. The first-order valence-corrected chi connectivity index (χ1v) is 4.70. The molecule has 0 unspecified atom stereocenters. The first-order valence-electron chi connectivity index (χ1n) is 1.57. The van der Waals surface area contributed by atoms with E-state index in [1.807, 2.05) is 0 Å². The Bertz CT molecular complexity index is 137. The van der Waals surface area contributed by atoms with Crippen LogP contribution in [0, 0.1) is 0 Å². The van der Waals surface area contributed by atoms with E-state index >= 15 is 0 Å². The Hall–Kier alpha value is 3.82. The molecule has 24 heavy (non-hydrogen) atoms. The summed E-state index contributed by atoms with van der Waals surface area (Å²) >= 11 is 0. The number of hydrogen-bond acceptors (Lipinski definition) is 2. The van der Waals surface area contributed by atoms with Gasteiger partial charge in [0, 0.05) is 0 Å². The Balaban J connectivity index is -0.00000000241. The van der Waals surface area contributed by atoms with Crippen molar-refractivity contribution in [2.75, 3.05) is 0 Å². The Morgan fingerprint density at radius 2 is 0.333 bits per heavy atom. The normalized spacial score (nSPS) is 4.92. The predicted octanol–water partition coefficient (Wildman–Crippen LogP) is -12.7. The molecule has 24 heteroatoms. The molecule has 0 saturated heterocycles. The fourth-order valence-electron chi connectivity index (χ4n) is 0. The van der Waals surface area contributed by atoms with Crippen LogP contribution in [-0.4, -0.2) is 202 Å². The Morgan fingerprint density at radius 1 is 0.333 bits per heavy atom. The molecule has 0 amide bonds. The fourth-order valence-corrected chi connectivity index (χ4v) is 0. The maximum atomic E-state index is 8.88. The van der Waals surface area contributed by atoms with Crippen molar-refractivity contribution in [3.05, 3.63) is 0 Å². The van der Waals surface area contributed by atoms with Crippen molar-refractivity contribution in [2.24, 2.45) is 0 Å². The predicted molar refractivity (Wildman–Crippen MR) is 93.3 cm³/mol. The van der Waals surface area contributed by atoms with Crippen LogP contribution in [0.3, 0.4) is 0 Å². The summed E-state index contributed by atoms with van der Waals surface area (Å²) in [6.07, 6.45) is 0. The molecule has 0 bridgehead atoms. The van der Waals surface area contributed by atoms with Gasteiger partial charge in [-0.15, -0.1) is 0 Å². The van der Waals surface area contributed by atoms with E-state index in [1.165, 1.54) is 0 Å². The van der Waals surface area contributed by atoms with Gasteiger partial charge < -0.3 is 84.1 Å². The molecule has 152 valence electrons. The van der Waals surface area contributed by atoms with E-state index in [9.17, 15) is 0 Å². The van der Waals surface area contributed by atoms with Crippen LogP contribution in [0.4, 0.5) is 0 Å². The molecule has 0 aromatic heterocycles. The van der Waals surface area contributed by atoms with Gasteiger partial charge in [0.05, 0.1) is 0 Å². The summed E-state index contributed by atoms with van der Waals surface area (Å²) in [5.41, 5.74) is 0. The topological polar surface area (TPSA) is 471 Å². The van der Waals surface area contributed by atoms with E-state index < -0.39 is 15.6 Å². The molecule has 0 aliphatic heterocycles. The summed E-state index contributed by atoms with van der Waals surface area (Å²) in [6, 6.07) is 0. The third-order valence-corrected chi connectivity index (χ3v) is 0. The number of hydrogen-bond donors (Lipinski definition) is 6. The van der Waals surface area contributed by atoms with Crippen LogP contribution in [0.15, 0.2) is 0 Å². The van der Waals surface area contributed by atoms with Crippen LogP contribution < -0.4 is 0 Å². The van der Waals surface area contributed by atoms with Crippen LogP contribution in [0.2, 0.25) is 0 Å². The molecule has 26 N–H and O–H groups in total. The summed E-state index contributed by atoms with van der Waals surface area (Å²) < 4.78 is 17.8. The van der Waals surface area contributed by atoms with Gasteiger partial charge in [0.2, 0.25) is 0 Å². The van der Waals surface area contributed by atoms with Gasteiger partial charge in [-0.3, -0.25) is 0 Å². The molecule has 0 heterocycles. The van der Waals surface area contributed by atoms with Gasteiger partial charge in [0.15, 0.2) is 0 Å². The molecule has 0 aliphatic carbocycles. The van der Waals surface area contributed by atoms with Crippen molar-refractivity contribution in [2.45, 2.75) is 0 Å². The molecular weight excluding hydrogens is 442 g/mol. The molecule has 0 atom stereocenters. The van der Waals surface area contributed by atoms with Gasteiger partial charge >= 0.3 is 134 Å². The number of phosphoric acid groups is 2. The van der Waals surface area contributed by atoms with Crippen LogP contribution >= 0.6 is 15.6 Å². The summed E-state index contributed by atoms with van der Waals surface area (Å²) in [6.45, 7) is 0. The second-order valence-electron chi connectivity index (χ2n) is 1.03. The van der Waals surface area contributed by atoms with E-state index in [0.717, 1.165) is 0 Å². The molecule has 0 aliphatic rings. The van der Waals surface area contributed by atoms with Gasteiger partial charge in [-0.05, 0) is 0 Å². The zero-order chi connectivity index (χ0) is 9.00. The van der Waals surface area contributed by atoms with Gasteiger partial charge in [0.1, 0.15) is 0 Å². The Morgan fingerprint density at radius 3 is 0.333 bits per heavy atom. The van der Waals surface area contributed by atoms with Crippen LogP contribution in [0.5, 0.6) is 0 Å². The third kappa shape index (κ3) is 1090. The van der Waals surface area contributed by atoms with Crippen molar-refractivity contribution in [1.82, 2.24) is 0 Å². The van der Waals surface area contributed by atoms with Crippen molar-refractivity contribution >= 4 is 134 Å². The monoisotopic (exact) mass is 472 g/mol. The van der Waals surface area contributed by atoms with Crippen molar-refractivity contribution in [3.8, 4) is 0 Å². The zero-order valence-electron chi connectivity index (χ0n) is 9.39. The SMILES string of the molecule is O.O.O.O.O.O.O.O.O.O.O=P(O)(O)O.O=P(O)(O)O.[NaH].[NaH].[NaH].[NaH].